The first-order valence-corrected chi connectivity index (χ1v) is 7.11. The van der Waals surface area contributed by atoms with Crippen LogP contribution in [0, 0.1) is 0 Å². The highest BCUT2D eigenvalue weighted by Crippen LogP contribution is 2.17. The van der Waals surface area contributed by atoms with E-state index in [2.05, 4.69) is 15.7 Å². The number of nitrogens with zero attached hydrogens (tertiary/aromatic N) is 2. The molecule has 0 aromatic carbocycles. The third-order valence-corrected chi connectivity index (χ3v) is 3.77. The Kier molecular flexibility index (Phi) is 4.57. The fourth-order valence-corrected chi connectivity index (χ4v) is 2.54. The van der Waals surface area contributed by atoms with Crippen LogP contribution in [0.25, 0.3) is 0 Å². The Hall–Kier alpha value is -1.82. The van der Waals surface area contributed by atoms with Gasteiger partial charge in [-0.15, -0.1) is 11.3 Å². The Balaban J connectivity index is 1.77. The lowest BCUT2D eigenvalue weighted by atomic mass is 10.3. The SMILES string of the molecule is C[C@H](Cn1cccn1)NC(=O)N[C@@H](C)c1cccs1. The van der Waals surface area contributed by atoms with Crippen LogP contribution in [0.2, 0.25) is 0 Å². The van der Waals surface area contributed by atoms with Gasteiger partial charge in [-0.05, 0) is 31.4 Å². The summed E-state index contributed by atoms with van der Waals surface area (Å²) in [7, 11) is 0. The van der Waals surface area contributed by atoms with Crippen LogP contribution in [-0.4, -0.2) is 21.9 Å². The van der Waals surface area contributed by atoms with E-state index >= 15 is 0 Å². The highest BCUT2D eigenvalue weighted by molar-refractivity contribution is 7.10. The van der Waals surface area contributed by atoms with Gasteiger partial charge in [-0.1, -0.05) is 6.07 Å². The largest absolute Gasteiger partial charge is 0.334 e. The highest BCUT2D eigenvalue weighted by Gasteiger charge is 2.12. The number of rotatable bonds is 5. The highest BCUT2D eigenvalue weighted by atomic mass is 32.1. The zero-order valence-electron chi connectivity index (χ0n) is 11.0. The van der Waals surface area contributed by atoms with Crippen LogP contribution >= 0.6 is 11.3 Å². The Labute approximate surface area is 116 Å². The maximum Gasteiger partial charge on any atom is 0.315 e. The quantitative estimate of drug-likeness (QED) is 0.882. The topological polar surface area (TPSA) is 59.0 Å². The normalized spacial score (nSPS) is 13.8. The van der Waals surface area contributed by atoms with E-state index in [-0.39, 0.29) is 18.1 Å². The smallest absolute Gasteiger partial charge is 0.315 e. The molecule has 0 spiro atoms. The second-order valence-corrected chi connectivity index (χ2v) is 5.46. The van der Waals surface area contributed by atoms with E-state index in [0.29, 0.717) is 6.54 Å². The second kappa shape index (κ2) is 6.38. The Morgan fingerprint density at radius 3 is 2.89 bits per heavy atom. The van der Waals surface area contributed by atoms with Crippen LogP contribution < -0.4 is 10.6 Å². The van der Waals surface area contributed by atoms with Crippen molar-refractivity contribution in [2.24, 2.45) is 0 Å². The summed E-state index contributed by atoms with van der Waals surface area (Å²) in [6.07, 6.45) is 3.61. The zero-order chi connectivity index (χ0) is 13.7. The number of thiophene rings is 1. The van der Waals surface area contributed by atoms with Crippen molar-refractivity contribution in [2.75, 3.05) is 0 Å². The van der Waals surface area contributed by atoms with Crippen LogP contribution in [0.3, 0.4) is 0 Å². The van der Waals surface area contributed by atoms with Gasteiger partial charge in [-0.2, -0.15) is 5.10 Å². The van der Waals surface area contributed by atoms with Gasteiger partial charge >= 0.3 is 6.03 Å². The van der Waals surface area contributed by atoms with E-state index in [0.717, 1.165) is 4.88 Å². The third kappa shape index (κ3) is 4.10. The summed E-state index contributed by atoms with van der Waals surface area (Å²) >= 11 is 1.64. The van der Waals surface area contributed by atoms with Crippen LogP contribution in [-0.2, 0) is 6.54 Å². The standard InChI is InChI=1S/C13H18N4OS/c1-10(9-17-7-4-6-14-17)15-13(18)16-11(2)12-5-3-8-19-12/h3-8,10-11H,9H2,1-2H3,(H2,15,16,18)/t10-,11+/m1/s1. The Morgan fingerprint density at radius 1 is 1.42 bits per heavy atom. The van der Waals surface area contributed by atoms with E-state index in [1.807, 2.05) is 43.6 Å². The van der Waals surface area contributed by atoms with Gasteiger partial charge in [0, 0.05) is 23.3 Å². The number of hydrogen-bond donors (Lipinski definition) is 2. The first-order chi connectivity index (χ1) is 9.15. The maximum atomic E-state index is 11.8. The van der Waals surface area contributed by atoms with Gasteiger partial charge in [-0.3, -0.25) is 4.68 Å². The lowest BCUT2D eigenvalue weighted by Crippen LogP contribution is -2.43. The molecule has 0 saturated heterocycles. The molecule has 2 atom stereocenters. The molecule has 2 N–H and O–H groups in total. The van der Waals surface area contributed by atoms with Crippen LogP contribution in [0.4, 0.5) is 4.79 Å². The summed E-state index contributed by atoms with van der Waals surface area (Å²) in [5.41, 5.74) is 0. The molecule has 102 valence electrons. The van der Waals surface area contributed by atoms with Crippen molar-refractivity contribution >= 4 is 17.4 Å². The minimum Gasteiger partial charge on any atom is -0.334 e. The van der Waals surface area contributed by atoms with Crippen LogP contribution in [0.1, 0.15) is 24.8 Å². The summed E-state index contributed by atoms with van der Waals surface area (Å²) in [6.45, 7) is 4.59. The van der Waals surface area contributed by atoms with Crippen LogP contribution in [0.15, 0.2) is 36.0 Å². The molecule has 2 aromatic heterocycles. The number of amides is 2. The number of aromatic nitrogens is 2. The molecule has 0 aliphatic carbocycles. The predicted molar refractivity (Wildman–Crippen MR) is 76.1 cm³/mol. The number of urea groups is 1. The molecule has 2 amide bonds. The second-order valence-electron chi connectivity index (χ2n) is 4.48. The van der Waals surface area contributed by atoms with E-state index in [9.17, 15) is 4.79 Å². The van der Waals surface area contributed by atoms with E-state index < -0.39 is 0 Å². The lowest BCUT2D eigenvalue weighted by Gasteiger charge is -2.17. The van der Waals surface area contributed by atoms with Gasteiger partial charge in [0.25, 0.3) is 0 Å². The molecule has 2 heterocycles. The molecule has 0 radical (unpaired) electrons. The first-order valence-electron chi connectivity index (χ1n) is 6.23. The third-order valence-electron chi connectivity index (χ3n) is 2.72. The summed E-state index contributed by atoms with van der Waals surface area (Å²) < 4.78 is 1.80. The number of carbonyl (C=O) groups excluding carboxylic acids is 1. The van der Waals surface area contributed by atoms with Crippen molar-refractivity contribution < 1.29 is 4.79 Å². The summed E-state index contributed by atoms with van der Waals surface area (Å²) in [4.78, 5) is 13.0. The van der Waals surface area contributed by atoms with E-state index in [1.165, 1.54) is 0 Å². The molecule has 6 heteroatoms. The zero-order valence-corrected chi connectivity index (χ0v) is 11.9. The van der Waals surface area contributed by atoms with Crippen molar-refractivity contribution in [1.82, 2.24) is 20.4 Å². The molecule has 2 aromatic rings. The number of hydrogen-bond acceptors (Lipinski definition) is 3. The molecule has 0 saturated carbocycles. The van der Waals surface area contributed by atoms with Crippen molar-refractivity contribution in [3.8, 4) is 0 Å². The van der Waals surface area contributed by atoms with Gasteiger partial charge in [-0.25, -0.2) is 4.79 Å². The molecule has 0 aliphatic heterocycles. The average molecular weight is 278 g/mol. The summed E-state index contributed by atoms with van der Waals surface area (Å²) in [5.74, 6) is 0. The predicted octanol–water partition coefficient (Wildman–Crippen LogP) is 2.39. The number of nitrogens with one attached hydrogen (secondary N) is 2. The average Bonchev–Trinajstić information content (AvgIpc) is 3.00. The minimum absolute atomic E-state index is 0.0236. The maximum absolute atomic E-state index is 11.8. The molecule has 5 nitrogen and oxygen atoms in total. The van der Waals surface area contributed by atoms with Gasteiger partial charge in [0.15, 0.2) is 0 Å². The summed E-state index contributed by atoms with van der Waals surface area (Å²) in [5, 5.41) is 11.9. The van der Waals surface area contributed by atoms with Gasteiger partial charge in [0.2, 0.25) is 0 Å². The van der Waals surface area contributed by atoms with Crippen molar-refractivity contribution in [2.45, 2.75) is 32.5 Å². The molecule has 19 heavy (non-hydrogen) atoms. The van der Waals surface area contributed by atoms with Crippen LogP contribution in [0.5, 0.6) is 0 Å². The first kappa shape index (κ1) is 13.6. The minimum atomic E-state index is -0.152. The van der Waals surface area contributed by atoms with Crippen molar-refractivity contribution in [3.63, 3.8) is 0 Å². The molecular formula is C13H18N4OS. The lowest BCUT2D eigenvalue weighted by molar-refractivity contribution is 0.233. The number of carbonyl (C=O) groups is 1. The van der Waals surface area contributed by atoms with Gasteiger partial charge in [0.05, 0.1) is 12.6 Å². The van der Waals surface area contributed by atoms with Gasteiger partial charge < -0.3 is 10.6 Å². The molecular weight excluding hydrogens is 260 g/mol. The Bertz CT molecular complexity index is 495. The van der Waals surface area contributed by atoms with E-state index in [1.54, 1.807) is 22.2 Å². The van der Waals surface area contributed by atoms with E-state index in [4.69, 9.17) is 0 Å². The van der Waals surface area contributed by atoms with Crippen molar-refractivity contribution in [3.05, 3.63) is 40.8 Å². The molecule has 0 fully saturated rings. The Morgan fingerprint density at radius 2 is 2.26 bits per heavy atom. The molecule has 0 unspecified atom stereocenters. The molecule has 2 rings (SSSR count). The molecule has 0 aliphatic rings. The van der Waals surface area contributed by atoms with Gasteiger partial charge in [0.1, 0.15) is 0 Å². The monoisotopic (exact) mass is 278 g/mol. The van der Waals surface area contributed by atoms with Crippen molar-refractivity contribution in [1.29, 1.82) is 0 Å². The fraction of sp³-hybridized carbons (Fsp3) is 0.385. The molecule has 0 bridgehead atoms. The summed E-state index contributed by atoms with van der Waals surface area (Å²) in [6, 6.07) is 5.76. The fourth-order valence-electron chi connectivity index (χ4n) is 1.81.